The van der Waals surface area contributed by atoms with Crippen molar-refractivity contribution in [3.8, 4) is 0 Å². The summed E-state index contributed by atoms with van der Waals surface area (Å²) in [6, 6.07) is 3.99. The summed E-state index contributed by atoms with van der Waals surface area (Å²) in [6.07, 6.45) is 2.18. The van der Waals surface area contributed by atoms with E-state index in [-0.39, 0.29) is 6.03 Å². The predicted octanol–water partition coefficient (Wildman–Crippen LogP) is 3.86. The lowest BCUT2D eigenvalue weighted by atomic mass is 10.3. The van der Waals surface area contributed by atoms with Crippen LogP contribution in [0.1, 0.15) is 19.8 Å². The summed E-state index contributed by atoms with van der Waals surface area (Å²) >= 11 is 3.12. The highest BCUT2D eigenvalue weighted by Gasteiger charge is 2.20. The molecule has 0 radical (unpaired) electrons. The zero-order valence-corrected chi connectivity index (χ0v) is 15.8. The van der Waals surface area contributed by atoms with Crippen molar-refractivity contribution in [1.82, 2.24) is 19.8 Å². The van der Waals surface area contributed by atoms with E-state index in [1.807, 2.05) is 22.5 Å². The zero-order valence-electron chi connectivity index (χ0n) is 14.2. The lowest BCUT2D eigenvalue weighted by molar-refractivity contribution is 0.211. The Kier molecular flexibility index (Phi) is 4.82. The highest BCUT2D eigenvalue weighted by atomic mass is 32.1. The van der Waals surface area contributed by atoms with E-state index in [4.69, 9.17) is 0 Å². The Labute approximate surface area is 154 Å². The minimum absolute atomic E-state index is 0.0491. The van der Waals surface area contributed by atoms with E-state index in [2.05, 4.69) is 27.1 Å². The number of amides is 2. The number of hydrogen-bond donors (Lipinski definition) is 1. The quantitative estimate of drug-likeness (QED) is 0.755. The molecule has 1 aliphatic rings. The summed E-state index contributed by atoms with van der Waals surface area (Å²) in [5, 5.41) is 3.63. The summed E-state index contributed by atoms with van der Waals surface area (Å²) in [5.74, 6) is 0. The second kappa shape index (κ2) is 7.23. The SMILES string of the molecule is CCCN1CCCN(C(=O)Nc2nc3ccc4scnc4c3s2)CC1. The van der Waals surface area contributed by atoms with Gasteiger partial charge in [0.1, 0.15) is 5.52 Å². The lowest BCUT2D eigenvalue weighted by Gasteiger charge is -2.21. The maximum atomic E-state index is 12.6. The van der Waals surface area contributed by atoms with Gasteiger partial charge in [0.2, 0.25) is 0 Å². The molecule has 3 heterocycles. The van der Waals surface area contributed by atoms with Gasteiger partial charge in [-0.05, 0) is 38.1 Å². The Balaban J connectivity index is 1.48. The minimum Gasteiger partial charge on any atom is -0.323 e. The molecule has 4 rings (SSSR count). The van der Waals surface area contributed by atoms with Crippen LogP contribution in [0.15, 0.2) is 17.6 Å². The molecule has 0 bridgehead atoms. The molecule has 1 fully saturated rings. The van der Waals surface area contributed by atoms with Crippen molar-refractivity contribution in [2.24, 2.45) is 0 Å². The van der Waals surface area contributed by atoms with Crippen molar-refractivity contribution in [2.75, 3.05) is 38.0 Å². The third-order valence-electron chi connectivity index (χ3n) is 4.49. The number of carbonyl (C=O) groups is 1. The third kappa shape index (κ3) is 3.47. The van der Waals surface area contributed by atoms with Crippen LogP contribution in [0.4, 0.5) is 9.93 Å². The Hall–Kier alpha value is -1.77. The topological polar surface area (TPSA) is 61.4 Å². The first-order valence-corrected chi connectivity index (χ1v) is 10.3. The smallest absolute Gasteiger partial charge is 0.323 e. The maximum Gasteiger partial charge on any atom is 0.323 e. The van der Waals surface area contributed by atoms with Gasteiger partial charge < -0.3 is 9.80 Å². The maximum absolute atomic E-state index is 12.6. The van der Waals surface area contributed by atoms with Crippen molar-refractivity contribution in [2.45, 2.75) is 19.8 Å². The van der Waals surface area contributed by atoms with Crippen molar-refractivity contribution >= 4 is 54.3 Å². The summed E-state index contributed by atoms with van der Waals surface area (Å²) in [4.78, 5) is 25.9. The van der Waals surface area contributed by atoms with Crippen LogP contribution in [0.2, 0.25) is 0 Å². The molecule has 2 amide bonds. The zero-order chi connectivity index (χ0) is 17.2. The fraction of sp³-hybridized carbons (Fsp3) is 0.471. The number of aromatic nitrogens is 2. The highest BCUT2D eigenvalue weighted by molar-refractivity contribution is 7.24. The monoisotopic (exact) mass is 375 g/mol. The summed E-state index contributed by atoms with van der Waals surface area (Å²) in [7, 11) is 0. The van der Waals surface area contributed by atoms with Gasteiger partial charge in [-0.15, -0.1) is 11.3 Å². The van der Waals surface area contributed by atoms with Gasteiger partial charge >= 0.3 is 6.03 Å². The molecule has 132 valence electrons. The van der Waals surface area contributed by atoms with Gasteiger partial charge in [-0.3, -0.25) is 5.32 Å². The Morgan fingerprint density at radius 1 is 1.28 bits per heavy atom. The first-order valence-electron chi connectivity index (χ1n) is 8.65. The van der Waals surface area contributed by atoms with Crippen LogP contribution in [0.25, 0.3) is 20.4 Å². The average Bonchev–Trinajstić information content (AvgIpc) is 3.16. The summed E-state index contributed by atoms with van der Waals surface area (Å²) in [5.41, 5.74) is 3.72. The fourth-order valence-corrected chi connectivity index (χ4v) is 4.95. The molecule has 3 aromatic rings. The first kappa shape index (κ1) is 16.7. The van der Waals surface area contributed by atoms with Gasteiger partial charge in [0.25, 0.3) is 0 Å². The molecule has 2 aromatic heterocycles. The second-order valence-corrected chi connectivity index (χ2v) is 8.13. The number of rotatable bonds is 3. The van der Waals surface area contributed by atoms with Crippen LogP contribution in [0.3, 0.4) is 0 Å². The van der Waals surface area contributed by atoms with Crippen molar-refractivity contribution in [3.63, 3.8) is 0 Å². The van der Waals surface area contributed by atoms with Crippen LogP contribution < -0.4 is 5.32 Å². The Bertz CT molecular complexity index is 890. The van der Waals surface area contributed by atoms with Crippen LogP contribution in [-0.4, -0.2) is 58.5 Å². The van der Waals surface area contributed by atoms with Crippen molar-refractivity contribution < 1.29 is 4.79 Å². The Morgan fingerprint density at radius 3 is 3.08 bits per heavy atom. The van der Waals surface area contributed by atoms with Crippen LogP contribution in [-0.2, 0) is 0 Å². The van der Waals surface area contributed by atoms with Gasteiger partial charge in [0, 0.05) is 19.6 Å². The lowest BCUT2D eigenvalue weighted by Crippen LogP contribution is -2.38. The van der Waals surface area contributed by atoms with E-state index in [0.29, 0.717) is 5.13 Å². The van der Waals surface area contributed by atoms with E-state index in [9.17, 15) is 4.79 Å². The molecular weight excluding hydrogens is 354 g/mol. The van der Waals surface area contributed by atoms with Crippen LogP contribution in [0, 0.1) is 0 Å². The minimum atomic E-state index is -0.0491. The average molecular weight is 376 g/mol. The molecule has 8 heteroatoms. The Morgan fingerprint density at radius 2 is 2.20 bits per heavy atom. The molecule has 0 atom stereocenters. The number of benzene rings is 1. The van der Waals surface area contributed by atoms with E-state index in [0.717, 1.165) is 66.0 Å². The normalized spacial score (nSPS) is 16.4. The number of hydrogen-bond acceptors (Lipinski definition) is 6. The number of urea groups is 1. The molecule has 1 aromatic carbocycles. The molecule has 1 saturated heterocycles. The van der Waals surface area contributed by atoms with Gasteiger partial charge in [-0.25, -0.2) is 14.8 Å². The number of thiazole rings is 2. The van der Waals surface area contributed by atoms with Gasteiger partial charge in [0.15, 0.2) is 5.13 Å². The number of carbonyl (C=O) groups excluding carboxylic acids is 1. The second-order valence-electron chi connectivity index (χ2n) is 6.24. The van der Waals surface area contributed by atoms with E-state index >= 15 is 0 Å². The summed E-state index contributed by atoms with van der Waals surface area (Å²) in [6.45, 7) is 6.89. The highest BCUT2D eigenvalue weighted by Crippen LogP contribution is 2.33. The van der Waals surface area contributed by atoms with Crippen LogP contribution in [0.5, 0.6) is 0 Å². The number of nitrogens with zero attached hydrogens (tertiary/aromatic N) is 4. The van der Waals surface area contributed by atoms with Crippen molar-refractivity contribution in [3.05, 3.63) is 17.6 Å². The number of fused-ring (bicyclic) bond motifs is 3. The van der Waals surface area contributed by atoms with E-state index in [1.54, 1.807) is 11.3 Å². The standard InChI is InChI=1S/C17H21N5OS2/c1-2-6-21-7-3-8-22(10-9-21)17(23)20-16-19-12-4-5-13-14(15(12)25-16)18-11-24-13/h4-5,11H,2-3,6-10H2,1H3,(H,19,20,23). The van der Waals surface area contributed by atoms with Gasteiger partial charge in [0.05, 0.1) is 20.4 Å². The van der Waals surface area contributed by atoms with Crippen molar-refractivity contribution in [1.29, 1.82) is 0 Å². The molecule has 6 nitrogen and oxygen atoms in total. The first-order chi connectivity index (χ1) is 12.2. The molecule has 0 aliphatic carbocycles. The predicted molar refractivity (Wildman–Crippen MR) is 105 cm³/mol. The molecule has 1 aliphatic heterocycles. The third-order valence-corrected chi connectivity index (χ3v) is 6.27. The fourth-order valence-electron chi connectivity index (χ4n) is 3.25. The molecule has 25 heavy (non-hydrogen) atoms. The molecular formula is C17H21N5OS2. The summed E-state index contributed by atoms with van der Waals surface area (Å²) < 4.78 is 2.19. The largest absolute Gasteiger partial charge is 0.323 e. The van der Waals surface area contributed by atoms with E-state index in [1.165, 1.54) is 11.3 Å². The van der Waals surface area contributed by atoms with Crippen LogP contribution >= 0.6 is 22.7 Å². The molecule has 0 saturated carbocycles. The number of anilines is 1. The van der Waals surface area contributed by atoms with E-state index < -0.39 is 0 Å². The molecule has 0 unspecified atom stereocenters. The van der Waals surface area contributed by atoms with Gasteiger partial charge in [-0.1, -0.05) is 18.3 Å². The number of nitrogens with one attached hydrogen (secondary N) is 1. The molecule has 1 N–H and O–H groups in total. The van der Waals surface area contributed by atoms with Gasteiger partial charge in [-0.2, -0.15) is 0 Å². The molecule has 0 spiro atoms.